The summed E-state index contributed by atoms with van der Waals surface area (Å²) in [6.45, 7) is 3.47. The molecule has 0 spiro atoms. The van der Waals surface area contributed by atoms with E-state index in [0.717, 1.165) is 0 Å². The number of esters is 1. The molecule has 1 heterocycles. The predicted octanol–water partition coefficient (Wildman–Crippen LogP) is 0.835. The van der Waals surface area contributed by atoms with Crippen molar-refractivity contribution >= 4 is 17.7 Å². The maximum atomic E-state index is 11.4. The van der Waals surface area contributed by atoms with E-state index < -0.39 is 11.5 Å². The summed E-state index contributed by atoms with van der Waals surface area (Å²) in [6.07, 6.45) is 4.40. The lowest BCUT2D eigenvalue weighted by Gasteiger charge is -2.01. The Morgan fingerprint density at radius 2 is 2.53 bits per heavy atom. The normalized spacial score (nSPS) is 9.67. The SMILES string of the molecule is C=CCOC(=O)c1cnc(SC)[nH]c1=O. The lowest BCUT2D eigenvalue weighted by atomic mass is 10.3. The molecule has 0 aliphatic heterocycles. The first kappa shape index (κ1) is 11.5. The lowest BCUT2D eigenvalue weighted by molar-refractivity contribution is 0.0547. The highest BCUT2D eigenvalue weighted by atomic mass is 32.2. The van der Waals surface area contributed by atoms with E-state index in [1.165, 1.54) is 24.0 Å². The van der Waals surface area contributed by atoms with Crippen molar-refractivity contribution in [3.63, 3.8) is 0 Å². The van der Waals surface area contributed by atoms with Gasteiger partial charge in [0, 0.05) is 6.20 Å². The van der Waals surface area contributed by atoms with E-state index in [1.807, 2.05) is 0 Å². The molecule has 0 radical (unpaired) electrons. The highest BCUT2D eigenvalue weighted by Gasteiger charge is 2.12. The van der Waals surface area contributed by atoms with Crippen molar-refractivity contribution in [3.05, 3.63) is 34.8 Å². The Kier molecular flexibility index (Phi) is 4.11. The van der Waals surface area contributed by atoms with E-state index in [1.54, 1.807) is 6.26 Å². The second-order valence-corrected chi connectivity index (χ2v) is 3.32. The highest BCUT2D eigenvalue weighted by Crippen LogP contribution is 2.04. The highest BCUT2D eigenvalue weighted by molar-refractivity contribution is 7.98. The molecule has 0 saturated heterocycles. The van der Waals surface area contributed by atoms with Gasteiger partial charge in [-0.1, -0.05) is 24.4 Å². The van der Waals surface area contributed by atoms with Crippen LogP contribution in [0.2, 0.25) is 0 Å². The molecule has 0 unspecified atom stereocenters. The number of carbonyl (C=O) groups excluding carboxylic acids is 1. The summed E-state index contributed by atoms with van der Waals surface area (Å²) >= 11 is 1.29. The fourth-order valence-corrected chi connectivity index (χ4v) is 1.19. The maximum Gasteiger partial charge on any atom is 0.345 e. The Hall–Kier alpha value is -1.56. The Morgan fingerprint density at radius 3 is 3.07 bits per heavy atom. The minimum atomic E-state index is -0.698. The van der Waals surface area contributed by atoms with Gasteiger partial charge in [0.25, 0.3) is 5.56 Å². The van der Waals surface area contributed by atoms with Gasteiger partial charge in [0.2, 0.25) is 0 Å². The van der Waals surface area contributed by atoms with Crippen LogP contribution in [0.4, 0.5) is 0 Å². The van der Waals surface area contributed by atoms with E-state index in [4.69, 9.17) is 4.74 Å². The van der Waals surface area contributed by atoms with Crippen LogP contribution in [0.3, 0.4) is 0 Å². The molecule has 1 N–H and O–H groups in total. The number of thioether (sulfide) groups is 1. The summed E-state index contributed by atoms with van der Waals surface area (Å²) in [4.78, 5) is 29.0. The van der Waals surface area contributed by atoms with Crippen LogP contribution in [0.5, 0.6) is 0 Å². The number of ether oxygens (including phenoxy) is 1. The minimum absolute atomic E-state index is 0.0720. The van der Waals surface area contributed by atoms with Gasteiger partial charge in [-0.25, -0.2) is 9.78 Å². The molecule has 80 valence electrons. The topological polar surface area (TPSA) is 72.0 Å². The second kappa shape index (κ2) is 5.35. The van der Waals surface area contributed by atoms with Gasteiger partial charge in [-0.3, -0.25) is 4.79 Å². The first-order chi connectivity index (χ1) is 7.19. The summed E-state index contributed by atoms with van der Waals surface area (Å²) in [6, 6.07) is 0. The van der Waals surface area contributed by atoms with Crippen molar-refractivity contribution in [2.75, 3.05) is 12.9 Å². The van der Waals surface area contributed by atoms with Gasteiger partial charge in [-0.05, 0) is 6.26 Å². The van der Waals surface area contributed by atoms with Gasteiger partial charge < -0.3 is 9.72 Å². The van der Waals surface area contributed by atoms with E-state index >= 15 is 0 Å². The molecule has 0 atom stereocenters. The third-order valence-corrected chi connectivity index (χ3v) is 2.12. The van der Waals surface area contributed by atoms with E-state index in [2.05, 4.69) is 16.5 Å². The third-order valence-electron chi connectivity index (χ3n) is 1.52. The number of aromatic nitrogens is 2. The number of H-pyrrole nitrogens is 1. The summed E-state index contributed by atoms with van der Waals surface area (Å²) in [5, 5.41) is 0.459. The third kappa shape index (κ3) is 2.95. The first-order valence-corrected chi connectivity index (χ1v) is 5.33. The molecule has 5 nitrogen and oxygen atoms in total. The maximum absolute atomic E-state index is 11.4. The van der Waals surface area contributed by atoms with E-state index in [0.29, 0.717) is 5.16 Å². The van der Waals surface area contributed by atoms with Crippen molar-refractivity contribution in [1.82, 2.24) is 9.97 Å². The van der Waals surface area contributed by atoms with E-state index in [9.17, 15) is 9.59 Å². The van der Waals surface area contributed by atoms with Crippen LogP contribution < -0.4 is 5.56 Å². The zero-order valence-corrected chi connectivity index (χ0v) is 8.97. The van der Waals surface area contributed by atoms with Gasteiger partial charge in [-0.2, -0.15) is 0 Å². The van der Waals surface area contributed by atoms with Crippen molar-refractivity contribution in [1.29, 1.82) is 0 Å². The summed E-state index contributed by atoms with van der Waals surface area (Å²) in [5.41, 5.74) is -0.599. The molecular weight excluding hydrogens is 216 g/mol. The van der Waals surface area contributed by atoms with Crippen LogP contribution in [0, 0.1) is 0 Å². The van der Waals surface area contributed by atoms with Crippen molar-refractivity contribution in [3.8, 4) is 0 Å². The molecular formula is C9H10N2O3S. The number of nitrogens with one attached hydrogen (secondary N) is 1. The average Bonchev–Trinajstić information content (AvgIpc) is 2.25. The van der Waals surface area contributed by atoms with Crippen LogP contribution in [-0.4, -0.2) is 28.8 Å². The molecule has 6 heteroatoms. The number of carbonyl (C=O) groups is 1. The number of nitrogens with zero attached hydrogens (tertiary/aromatic N) is 1. The summed E-state index contributed by atoms with van der Waals surface area (Å²) < 4.78 is 4.71. The van der Waals surface area contributed by atoms with Crippen molar-refractivity contribution in [2.24, 2.45) is 0 Å². The second-order valence-electron chi connectivity index (χ2n) is 2.52. The molecule has 1 aromatic rings. The Labute approximate surface area is 90.6 Å². The number of hydrogen-bond donors (Lipinski definition) is 1. The van der Waals surface area contributed by atoms with Gasteiger partial charge in [-0.15, -0.1) is 0 Å². The molecule has 1 rings (SSSR count). The summed E-state index contributed by atoms with van der Waals surface area (Å²) in [7, 11) is 0. The van der Waals surface area contributed by atoms with Crippen LogP contribution in [0.15, 0.2) is 28.8 Å². The molecule has 0 amide bonds. The monoisotopic (exact) mass is 226 g/mol. The lowest BCUT2D eigenvalue weighted by Crippen LogP contribution is -2.20. The first-order valence-electron chi connectivity index (χ1n) is 4.10. The van der Waals surface area contributed by atoms with E-state index in [-0.39, 0.29) is 12.2 Å². The zero-order chi connectivity index (χ0) is 11.3. The van der Waals surface area contributed by atoms with Crippen LogP contribution in [-0.2, 0) is 4.74 Å². The van der Waals surface area contributed by atoms with Crippen molar-refractivity contribution < 1.29 is 9.53 Å². The minimum Gasteiger partial charge on any atom is -0.458 e. The molecule has 0 aliphatic rings. The molecule has 0 aromatic carbocycles. The molecule has 15 heavy (non-hydrogen) atoms. The van der Waals surface area contributed by atoms with Gasteiger partial charge in [0.15, 0.2) is 5.16 Å². The molecule has 1 aromatic heterocycles. The number of aromatic amines is 1. The van der Waals surface area contributed by atoms with Crippen molar-refractivity contribution in [2.45, 2.75) is 5.16 Å². The summed E-state index contributed by atoms with van der Waals surface area (Å²) in [5.74, 6) is -0.698. The fraction of sp³-hybridized carbons (Fsp3) is 0.222. The Morgan fingerprint density at radius 1 is 1.80 bits per heavy atom. The largest absolute Gasteiger partial charge is 0.458 e. The quantitative estimate of drug-likeness (QED) is 0.356. The molecule has 0 fully saturated rings. The smallest absolute Gasteiger partial charge is 0.345 e. The molecule has 0 saturated carbocycles. The van der Waals surface area contributed by atoms with Crippen LogP contribution in [0.1, 0.15) is 10.4 Å². The average molecular weight is 226 g/mol. The van der Waals surface area contributed by atoms with Gasteiger partial charge >= 0.3 is 5.97 Å². The fourth-order valence-electron chi connectivity index (χ4n) is 0.840. The van der Waals surface area contributed by atoms with Gasteiger partial charge in [0.1, 0.15) is 12.2 Å². The Balaban J connectivity index is 2.90. The standard InChI is InChI=1S/C9H10N2O3S/c1-3-4-14-8(13)6-5-10-9(15-2)11-7(6)12/h3,5H,1,4H2,2H3,(H,10,11,12). The zero-order valence-electron chi connectivity index (χ0n) is 8.15. The number of rotatable bonds is 4. The Bertz CT molecular complexity index is 428. The van der Waals surface area contributed by atoms with Crippen LogP contribution >= 0.6 is 11.8 Å². The number of hydrogen-bond acceptors (Lipinski definition) is 5. The molecule has 0 aliphatic carbocycles. The predicted molar refractivity (Wildman–Crippen MR) is 57.1 cm³/mol. The molecule has 0 bridgehead atoms. The van der Waals surface area contributed by atoms with Crippen LogP contribution in [0.25, 0.3) is 0 Å². The van der Waals surface area contributed by atoms with Gasteiger partial charge in [0.05, 0.1) is 0 Å².